The first-order valence-electron chi connectivity index (χ1n) is 9.66. The Labute approximate surface area is 173 Å². The molecule has 0 aliphatic heterocycles. The molecule has 1 aliphatic carbocycles. The van der Waals surface area contributed by atoms with Crippen molar-refractivity contribution >= 4 is 15.9 Å². The van der Waals surface area contributed by atoms with Crippen LogP contribution in [0.4, 0.5) is 4.39 Å². The van der Waals surface area contributed by atoms with Crippen LogP contribution in [0.2, 0.25) is 0 Å². The molecule has 0 radical (unpaired) electrons. The quantitative estimate of drug-likeness (QED) is 0.546. The zero-order chi connectivity index (χ0) is 19.8. The number of rotatable bonds is 3. The van der Waals surface area contributed by atoms with Gasteiger partial charge in [0.15, 0.2) is 0 Å². The Morgan fingerprint density at radius 2 is 1.82 bits per heavy atom. The fourth-order valence-electron chi connectivity index (χ4n) is 4.18. The molecule has 28 heavy (non-hydrogen) atoms. The van der Waals surface area contributed by atoms with Gasteiger partial charge in [-0.3, -0.25) is 4.98 Å². The molecule has 0 atom stereocenters. The number of fused-ring (bicyclic) bond motifs is 2. The van der Waals surface area contributed by atoms with Gasteiger partial charge < -0.3 is 5.11 Å². The highest BCUT2D eigenvalue weighted by molar-refractivity contribution is 9.10. The number of halogens is 2. The molecule has 4 rings (SSSR count). The lowest BCUT2D eigenvalue weighted by molar-refractivity contribution is 0.280. The second-order valence-electron chi connectivity index (χ2n) is 7.69. The SMILES string of the molecule is CC(C)c1nc2c(c(-c3ccc(F)cc3)c1CO)Cc1cc(Br)ccc1CC2. The second kappa shape index (κ2) is 7.76. The van der Waals surface area contributed by atoms with Gasteiger partial charge in [0, 0.05) is 27.8 Å². The van der Waals surface area contributed by atoms with Crippen molar-refractivity contribution in [3.63, 3.8) is 0 Å². The van der Waals surface area contributed by atoms with E-state index in [0.29, 0.717) is 0 Å². The summed E-state index contributed by atoms with van der Waals surface area (Å²) >= 11 is 3.59. The Morgan fingerprint density at radius 1 is 1.07 bits per heavy atom. The van der Waals surface area contributed by atoms with Gasteiger partial charge in [0.1, 0.15) is 5.82 Å². The normalized spacial score (nSPS) is 13.2. The molecule has 0 saturated heterocycles. The summed E-state index contributed by atoms with van der Waals surface area (Å²) in [4.78, 5) is 5.01. The van der Waals surface area contributed by atoms with Crippen LogP contribution in [0, 0.1) is 5.82 Å². The largest absolute Gasteiger partial charge is 0.392 e. The molecule has 2 nitrogen and oxygen atoms in total. The van der Waals surface area contributed by atoms with E-state index in [0.717, 1.165) is 57.4 Å². The molecule has 1 heterocycles. The summed E-state index contributed by atoms with van der Waals surface area (Å²) in [6, 6.07) is 13.0. The molecule has 1 aliphatic rings. The summed E-state index contributed by atoms with van der Waals surface area (Å²) in [5, 5.41) is 10.3. The highest BCUT2D eigenvalue weighted by atomic mass is 79.9. The molecule has 0 amide bonds. The lowest BCUT2D eigenvalue weighted by Crippen LogP contribution is -2.11. The van der Waals surface area contributed by atoms with Crippen molar-refractivity contribution in [2.24, 2.45) is 0 Å². The zero-order valence-electron chi connectivity index (χ0n) is 16.1. The standard InChI is InChI=1S/C24H23BrFNO/c1-14(2)24-21(13-28)23(16-4-8-19(26)9-5-16)20-12-17-11-18(25)7-3-15(17)6-10-22(20)27-24/h3-5,7-9,11,14,28H,6,10,12-13H2,1-2H3. The van der Waals surface area contributed by atoms with Crippen LogP contribution in [0.25, 0.3) is 11.1 Å². The predicted octanol–water partition coefficient (Wildman–Crippen LogP) is 5.96. The first kappa shape index (κ1) is 19.3. The fourth-order valence-corrected chi connectivity index (χ4v) is 4.59. The smallest absolute Gasteiger partial charge is 0.123 e. The molecule has 2 aromatic carbocycles. The second-order valence-corrected chi connectivity index (χ2v) is 8.60. The lowest BCUT2D eigenvalue weighted by atomic mass is 9.87. The van der Waals surface area contributed by atoms with E-state index in [-0.39, 0.29) is 18.3 Å². The maximum atomic E-state index is 13.6. The molecular weight excluding hydrogens is 417 g/mol. The minimum atomic E-state index is -0.257. The van der Waals surface area contributed by atoms with E-state index in [1.165, 1.54) is 23.3 Å². The Balaban J connectivity index is 2.00. The Bertz CT molecular complexity index is 1030. The van der Waals surface area contributed by atoms with E-state index >= 15 is 0 Å². The van der Waals surface area contributed by atoms with E-state index < -0.39 is 0 Å². The molecule has 1 N–H and O–H groups in total. The van der Waals surface area contributed by atoms with E-state index in [1.54, 1.807) is 12.1 Å². The summed E-state index contributed by atoms with van der Waals surface area (Å²) in [5.41, 5.74) is 8.60. The van der Waals surface area contributed by atoms with Crippen molar-refractivity contribution in [2.75, 3.05) is 0 Å². The molecule has 4 heteroatoms. The number of hydrogen-bond acceptors (Lipinski definition) is 2. The Hall–Kier alpha value is -2.04. The minimum Gasteiger partial charge on any atom is -0.392 e. The van der Waals surface area contributed by atoms with E-state index in [4.69, 9.17) is 4.98 Å². The molecule has 144 valence electrons. The number of pyridine rings is 1. The van der Waals surface area contributed by atoms with Gasteiger partial charge in [-0.1, -0.05) is 48.0 Å². The topological polar surface area (TPSA) is 33.1 Å². The van der Waals surface area contributed by atoms with E-state index in [1.807, 2.05) is 0 Å². The van der Waals surface area contributed by atoms with Crippen LogP contribution >= 0.6 is 15.9 Å². The molecule has 0 spiro atoms. The lowest BCUT2D eigenvalue weighted by Gasteiger charge is -2.22. The van der Waals surface area contributed by atoms with Crippen LogP contribution in [-0.2, 0) is 25.9 Å². The van der Waals surface area contributed by atoms with Gasteiger partial charge in [-0.05, 0) is 70.8 Å². The number of aromatic nitrogens is 1. The summed E-state index contributed by atoms with van der Waals surface area (Å²) in [6.45, 7) is 4.13. The summed E-state index contributed by atoms with van der Waals surface area (Å²) in [7, 11) is 0. The first-order chi connectivity index (χ1) is 13.5. The number of aliphatic hydroxyl groups excluding tert-OH is 1. The minimum absolute atomic E-state index is 0.0775. The van der Waals surface area contributed by atoms with Gasteiger partial charge in [-0.15, -0.1) is 0 Å². The Kier molecular flexibility index (Phi) is 5.35. The average Bonchev–Trinajstić information content (AvgIpc) is 2.85. The molecule has 0 saturated carbocycles. The van der Waals surface area contributed by atoms with E-state index in [9.17, 15) is 9.50 Å². The van der Waals surface area contributed by atoms with Gasteiger partial charge in [-0.2, -0.15) is 0 Å². The van der Waals surface area contributed by atoms with Crippen LogP contribution < -0.4 is 0 Å². The van der Waals surface area contributed by atoms with Crippen LogP contribution in [0.5, 0.6) is 0 Å². The van der Waals surface area contributed by atoms with Crippen molar-refractivity contribution in [3.05, 3.63) is 86.4 Å². The molecule has 0 bridgehead atoms. The molecule has 3 aromatic rings. The van der Waals surface area contributed by atoms with E-state index in [2.05, 4.69) is 48.0 Å². The molecule has 0 fully saturated rings. The summed E-state index contributed by atoms with van der Waals surface area (Å²) < 4.78 is 14.6. The third-order valence-electron chi connectivity index (χ3n) is 5.52. The van der Waals surface area contributed by atoms with Gasteiger partial charge in [0.2, 0.25) is 0 Å². The van der Waals surface area contributed by atoms with Crippen molar-refractivity contribution in [3.8, 4) is 11.1 Å². The van der Waals surface area contributed by atoms with Crippen LogP contribution in [0.15, 0.2) is 46.9 Å². The maximum Gasteiger partial charge on any atom is 0.123 e. The number of aryl methyl sites for hydroxylation is 2. The maximum absolute atomic E-state index is 13.6. The van der Waals surface area contributed by atoms with Gasteiger partial charge in [-0.25, -0.2) is 4.39 Å². The highest BCUT2D eigenvalue weighted by Gasteiger charge is 2.24. The monoisotopic (exact) mass is 439 g/mol. The molecular formula is C24H23BrFNO. The molecule has 0 unspecified atom stereocenters. The van der Waals surface area contributed by atoms with Gasteiger partial charge >= 0.3 is 0 Å². The average molecular weight is 440 g/mol. The van der Waals surface area contributed by atoms with Gasteiger partial charge in [0.25, 0.3) is 0 Å². The summed E-state index contributed by atoms with van der Waals surface area (Å²) in [5.74, 6) is -0.0563. The third-order valence-corrected chi connectivity index (χ3v) is 6.01. The van der Waals surface area contributed by atoms with Gasteiger partial charge in [0.05, 0.1) is 6.61 Å². The zero-order valence-corrected chi connectivity index (χ0v) is 17.7. The van der Waals surface area contributed by atoms with Crippen LogP contribution in [0.3, 0.4) is 0 Å². The Morgan fingerprint density at radius 3 is 2.50 bits per heavy atom. The number of nitrogens with zero attached hydrogens (tertiary/aromatic N) is 1. The first-order valence-corrected chi connectivity index (χ1v) is 10.5. The number of benzene rings is 2. The number of aliphatic hydroxyl groups is 1. The van der Waals surface area contributed by atoms with Crippen molar-refractivity contribution in [1.82, 2.24) is 4.98 Å². The fraction of sp³-hybridized carbons (Fsp3) is 0.292. The van der Waals surface area contributed by atoms with Crippen molar-refractivity contribution in [1.29, 1.82) is 0 Å². The summed E-state index contributed by atoms with van der Waals surface area (Å²) in [6.07, 6.45) is 2.57. The number of hydrogen-bond donors (Lipinski definition) is 1. The van der Waals surface area contributed by atoms with Crippen LogP contribution in [-0.4, -0.2) is 10.1 Å². The molecule has 1 aromatic heterocycles. The predicted molar refractivity (Wildman–Crippen MR) is 114 cm³/mol. The highest BCUT2D eigenvalue weighted by Crippen LogP contribution is 2.38. The third kappa shape index (κ3) is 3.51. The van der Waals surface area contributed by atoms with Crippen LogP contribution in [0.1, 0.15) is 53.4 Å². The van der Waals surface area contributed by atoms with Crippen molar-refractivity contribution in [2.45, 2.75) is 45.6 Å². The van der Waals surface area contributed by atoms with Crippen molar-refractivity contribution < 1.29 is 9.50 Å².